The molecule has 8 nitrogen and oxygen atoms in total. The number of nitro benzene ring substituents is 1. The first-order chi connectivity index (χ1) is 10.5. The molecule has 22 heavy (non-hydrogen) atoms. The Morgan fingerprint density at radius 2 is 1.82 bits per heavy atom. The minimum Gasteiger partial charge on any atom is -0.469 e. The lowest BCUT2D eigenvalue weighted by molar-refractivity contribution is -0.384. The first-order valence-electron chi connectivity index (χ1n) is 6.59. The average Bonchev–Trinajstić information content (AvgIpc) is 2.54. The van der Waals surface area contributed by atoms with Crippen LogP contribution in [-0.2, 0) is 14.3 Å². The second-order valence-corrected chi connectivity index (χ2v) is 4.42. The van der Waals surface area contributed by atoms with E-state index in [4.69, 9.17) is 4.74 Å². The number of amides is 1. The number of carbonyl (C=O) groups is 2. The van der Waals surface area contributed by atoms with Gasteiger partial charge in [-0.15, -0.1) is 0 Å². The summed E-state index contributed by atoms with van der Waals surface area (Å²) in [5, 5.41) is 10.6. The molecule has 0 N–H and O–H groups in total. The molecular formula is C14H18N2O6. The lowest BCUT2D eigenvalue weighted by atomic mass is 10.1. The van der Waals surface area contributed by atoms with Gasteiger partial charge in [0.15, 0.2) is 0 Å². The summed E-state index contributed by atoms with van der Waals surface area (Å²) in [5.74, 6) is -0.741. The number of nitrogens with zero attached hydrogens (tertiary/aromatic N) is 2. The Labute approximate surface area is 127 Å². The highest BCUT2D eigenvalue weighted by atomic mass is 16.6. The molecule has 1 aromatic carbocycles. The summed E-state index contributed by atoms with van der Waals surface area (Å²) < 4.78 is 9.49. The van der Waals surface area contributed by atoms with Crippen LogP contribution < -0.4 is 0 Å². The van der Waals surface area contributed by atoms with Gasteiger partial charge in [0.05, 0.1) is 25.1 Å². The van der Waals surface area contributed by atoms with Gasteiger partial charge in [0.2, 0.25) is 0 Å². The van der Waals surface area contributed by atoms with E-state index < -0.39 is 10.9 Å². The molecule has 0 aromatic heterocycles. The highest BCUT2D eigenvalue weighted by Crippen LogP contribution is 2.14. The van der Waals surface area contributed by atoms with Crippen molar-refractivity contribution in [3.8, 4) is 0 Å². The van der Waals surface area contributed by atoms with E-state index in [9.17, 15) is 19.7 Å². The number of non-ortho nitro benzene ring substituents is 1. The fourth-order valence-electron chi connectivity index (χ4n) is 1.75. The maximum atomic E-state index is 12.4. The number of benzene rings is 1. The summed E-state index contributed by atoms with van der Waals surface area (Å²) in [6.07, 6.45) is 0.0684. The van der Waals surface area contributed by atoms with Crippen LogP contribution in [0.5, 0.6) is 0 Å². The Hall–Kier alpha value is -2.48. The molecule has 1 rings (SSSR count). The summed E-state index contributed by atoms with van der Waals surface area (Å²) in [7, 11) is 2.79. The number of nitro groups is 1. The van der Waals surface area contributed by atoms with Crippen LogP contribution in [-0.4, -0.2) is 55.6 Å². The smallest absolute Gasteiger partial charge is 0.307 e. The van der Waals surface area contributed by atoms with Gasteiger partial charge in [0, 0.05) is 37.9 Å². The van der Waals surface area contributed by atoms with Crippen LogP contribution in [0.25, 0.3) is 0 Å². The van der Waals surface area contributed by atoms with Gasteiger partial charge >= 0.3 is 5.97 Å². The van der Waals surface area contributed by atoms with Crippen LogP contribution in [0.4, 0.5) is 5.69 Å². The van der Waals surface area contributed by atoms with Gasteiger partial charge in [-0.2, -0.15) is 0 Å². The van der Waals surface area contributed by atoms with Crippen molar-refractivity contribution in [3.05, 3.63) is 39.9 Å². The highest BCUT2D eigenvalue weighted by molar-refractivity contribution is 5.94. The number of esters is 1. The molecule has 1 amide bonds. The monoisotopic (exact) mass is 310 g/mol. The number of methoxy groups -OCH3 is 2. The van der Waals surface area contributed by atoms with Gasteiger partial charge in [-0.1, -0.05) is 0 Å². The predicted octanol–water partition coefficient (Wildman–Crippen LogP) is 1.25. The first-order valence-corrected chi connectivity index (χ1v) is 6.59. The number of ether oxygens (including phenoxy) is 2. The van der Waals surface area contributed by atoms with Crippen molar-refractivity contribution >= 4 is 17.6 Å². The zero-order valence-electron chi connectivity index (χ0n) is 12.5. The molecule has 0 fully saturated rings. The maximum absolute atomic E-state index is 12.4. The molecule has 120 valence electrons. The standard InChI is InChI=1S/C14H18N2O6/c1-21-10-9-15(8-7-13(17)22-2)14(18)11-3-5-12(6-4-11)16(19)20/h3-6H,7-10H2,1-2H3. The SMILES string of the molecule is COCCN(CCC(=O)OC)C(=O)c1ccc([N+](=O)[O-])cc1. The van der Waals surface area contributed by atoms with Gasteiger partial charge in [0.1, 0.15) is 0 Å². The lowest BCUT2D eigenvalue weighted by Gasteiger charge is -2.22. The third-order valence-corrected chi connectivity index (χ3v) is 2.99. The van der Waals surface area contributed by atoms with Gasteiger partial charge in [0.25, 0.3) is 11.6 Å². The Bertz CT molecular complexity index is 529. The summed E-state index contributed by atoms with van der Waals surface area (Å²) in [6.45, 7) is 0.815. The third kappa shape index (κ3) is 5.13. The van der Waals surface area contributed by atoms with Crippen LogP contribution in [0.2, 0.25) is 0 Å². The van der Waals surface area contributed by atoms with E-state index in [1.807, 2.05) is 0 Å². The van der Waals surface area contributed by atoms with Crippen molar-refractivity contribution in [2.24, 2.45) is 0 Å². The normalized spacial score (nSPS) is 10.1. The molecule has 0 aliphatic heterocycles. The molecule has 1 aromatic rings. The molecule has 0 bridgehead atoms. The van der Waals surface area contributed by atoms with Gasteiger partial charge in [-0.3, -0.25) is 19.7 Å². The van der Waals surface area contributed by atoms with E-state index in [0.717, 1.165) is 0 Å². The number of hydrogen-bond donors (Lipinski definition) is 0. The minimum atomic E-state index is -0.534. The lowest BCUT2D eigenvalue weighted by Crippen LogP contribution is -2.35. The zero-order valence-corrected chi connectivity index (χ0v) is 12.5. The molecule has 0 atom stereocenters. The molecule has 0 heterocycles. The molecule has 8 heteroatoms. The van der Waals surface area contributed by atoms with Crippen molar-refractivity contribution in [1.82, 2.24) is 4.90 Å². The van der Waals surface area contributed by atoms with Crippen LogP contribution in [0.3, 0.4) is 0 Å². The minimum absolute atomic E-state index is 0.0684. The number of hydrogen-bond acceptors (Lipinski definition) is 6. The maximum Gasteiger partial charge on any atom is 0.307 e. The fraction of sp³-hybridized carbons (Fsp3) is 0.429. The van der Waals surface area contributed by atoms with Crippen LogP contribution in [0, 0.1) is 10.1 Å². The molecule has 0 saturated carbocycles. The van der Waals surface area contributed by atoms with Crippen molar-refractivity contribution in [3.63, 3.8) is 0 Å². The molecule has 0 aliphatic carbocycles. The van der Waals surface area contributed by atoms with Crippen LogP contribution >= 0.6 is 0 Å². The van der Waals surface area contributed by atoms with E-state index in [0.29, 0.717) is 18.7 Å². The van der Waals surface area contributed by atoms with E-state index >= 15 is 0 Å². The van der Waals surface area contributed by atoms with Crippen LogP contribution in [0.1, 0.15) is 16.8 Å². The van der Waals surface area contributed by atoms with Crippen molar-refractivity contribution in [2.45, 2.75) is 6.42 Å². The van der Waals surface area contributed by atoms with Crippen LogP contribution in [0.15, 0.2) is 24.3 Å². The van der Waals surface area contributed by atoms with E-state index in [1.165, 1.54) is 43.4 Å². The van der Waals surface area contributed by atoms with E-state index in [2.05, 4.69) is 4.74 Å². The highest BCUT2D eigenvalue weighted by Gasteiger charge is 2.18. The largest absolute Gasteiger partial charge is 0.469 e. The van der Waals surface area contributed by atoms with Gasteiger partial charge in [-0.25, -0.2) is 0 Å². The molecule has 0 saturated heterocycles. The number of rotatable bonds is 8. The topological polar surface area (TPSA) is 99.0 Å². The van der Waals surface area contributed by atoms with Crippen molar-refractivity contribution in [1.29, 1.82) is 0 Å². The quantitative estimate of drug-likeness (QED) is 0.407. The van der Waals surface area contributed by atoms with E-state index in [-0.39, 0.29) is 24.6 Å². The third-order valence-electron chi connectivity index (χ3n) is 2.99. The summed E-state index contributed by atoms with van der Waals surface area (Å²) in [6, 6.07) is 5.31. The van der Waals surface area contributed by atoms with Gasteiger partial charge < -0.3 is 14.4 Å². The Morgan fingerprint density at radius 3 is 2.32 bits per heavy atom. The molecular weight excluding hydrogens is 292 g/mol. The second kappa shape index (κ2) is 8.73. The molecule has 0 unspecified atom stereocenters. The Balaban J connectivity index is 2.80. The second-order valence-electron chi connectivity index (χ2n) is 4.42. The Morgan fingerprint density at radius 1 is 1.18 bits per heavy atom. The summed E-state index contributed by atoms with van der Waals surface area (Å²) >= 11 is 0. The summed E-state index contributed by atoms with van der Waals surface area (Å²) in [5.41, 5.74) is 0.223. The number of carbonyl (C=O) groups excluding carboxylic acids is 2. The van der Waals surface area contributed by atoms with Crippen molar-refractivity contribution in [2.75, 3.05) is 33.9 Å². The zero-order chi connectivity index (χ0) is 16.5. The molecule has 0 radical (unpaired) electrons. The average molecular weight is 310 g/mol. The van der Waals surface area contributed by atoms with E-state index in [1.54, 1.807) is 0 Å². The first kappa shape index (κ1) is 17.6. The van der Waals surface area contributed by atoms with Crippen molar-refractivity contribution < 1.29 is 24.0 Å². The Kier molecular flexibility index (Phi) is 6.97. The summed E-state index contributed by atoms with van der Waals surface area (Å²) in [4.78, 5) is 35.1. The predicted molar refractivity (Wildman–Crippen MR) is 77.5 cm³/mol. The molecule has 0 spiro atoms. The van der Waals surface area contributed by atoms with Gasteiger partial charge in [-0.05, 0) is 12.1 Å². The fourth-order valence-corrected chi connectivity index (χ4v) is 1.75. The molecule has 0 aliphatic rings.